The van der Waals surface area contributed by atoms with Crippen molar-refractivity contribution in [2.75, 3.05) is 77.9 Å². The third-order valence-corrected chi connectivity index (χ3v) is 5.42. The number of rotatable bonds is 18. The summed E-state index contributed by atoms with van der Waals surface area (Å²) in [5.74, 6) is -0.536. The quantitative estimate of drug-likeness (QED) is 0.173. The molecule has 0 aliphatic heterocycles. The molecule has 2 N–H and O–H groups in total. The number of esters is 1. The first-order chi connectivity index (χ1) is 17.5. The van der Waals surface area contributed by atoms with Crippen LogP contribution in [0.1, 0.15) is 20.8 Å². The van der Waals surface area contributed by atoms with Gasteiger partial charge >= 0.3 is 5.97 Å². The number of nitrogens with zero attached hydrogens (tertiary/aromatic N) is 3. The zero-order valence-corrected chi connectivity index (χ0v) is 22.2. The van der Waals surface area contributed by atoms with Gasteiger partial charge in [0.2, 0.25) is 5.91 Å². The summed E-state index contributed by atoms with van der Waals surface area (Å²) in [5, 5.41) is 7.82. The summed E-state index contributed by atoms with van der Waals surface area (Å²) in [7, 11) is 0. The standard InChI is InChI=1S/C25H38ClN5O5/c1-4-34-18-31(19-35-5-2)14-13-30(17-25(33)36-6-3)16-24(32)29-12-11-28-22-9-10-27-23-15-20(26)7-8-21(22)23/h7-10,15H,4-6,11-14,16-19H2,1-3H3,(H,27,28)(H,29,32). The van der Waals surface area contributed by atoms with E-state index in [4.69, 9.17) is 25.8 Å². The molecular weight excluding hydrogens is 486 g/mol. The molecule has 2 rings (SSSR count). The van der Waals surface area contributed by atoms with Crippen molar-refractivity contribution in [3.8, 4) is 0 Å². The molecule has 0 aliphatic rings. The van der Waals surface area contributed by atoms with E-state index in [1.807, 2.05) is 43.0 Å². The fourth-order valence-electron chi connectivity index (χ4n) is 3.43. The molecule has 0 saturated carbocycles. The Morgan fingerprint density at radius 2 is 1.67 bits per heavy atom. The summed E-state index contributed by atoms with van der Waals surface area (Å²) in [6.45, 7) is 10.0. The predicted octanol–water partition coefficient (Wildman–Crippen LogP) is 2.57. The number of anilines is 1. The van der Waals surface area contributed by atoms with Crippen molar-refractivity contribution in [3.63, 3.8) is 0 Å². The smallest absolute Gasteiger partial charge is 0.320 e. The average molecular weight is 524 g/mol. The molecule has 1 aromatic carbocycles. The van der Waals surface area contributed by atoms with Crippen LogP contribution < -0.4 is 10.6 Å². The van der Waals surface area contributed by atoms with Crippen molar-refractivity contribution in [3.05, 3.63) is 35.5 Å². The summed E-state index contributed by atoms with van der Waals surface area (Å²) in [5.41, 5.74) is 1.72. The summed E-state index contributed by atoms with van der Waals surface area (Å²) in [6.07, 6.45) is 1.72. The molecule has 1 aromatic heterocycles. The van der Waals surface area contributed by atoms with Crippen LogP contribution in [0.4, 0.5) is 5.69 Å². The number of amides is 1. The van der Waals surface area contributed by atoms with Gasteiger partial charge in [0.25, 0.3) is 0 Å². The van der Waals surface area contributed by atoms with Gasteiger partial charge in [0, 0.05) is 61.7 Å². The van der Waals surface area contributed by atoms with Crippen LogP contribution in [0.25, 0.3) is 10.9 Å². The Morgan fingerprint density at radius 3 is 2.36 bits per heavy atom. The van der Waals surface area contributed by atoms with Gasteiger partial charge in [0.15, 0.2) is 0 Å². The first-order valence-electron chi connectivity index (χ1n) is 12.3. The largest absolute Gasteiger partial charge is 0.465 e. The predicted molar refractivity (Wildman–Crippen MR) is 141 cm³/mol. The van der Waals surface area contributed by atoms with E-state index in [1.165, 1.54) is 0 Å². The van der Waals surface area contributed by atoms with Crippen molar-refractivity contribution >= 4 is 40.1 Å². The molecule has 0 bridgehead atoms. The zero-order valence-electron chi connectivity index (χ0n) is 21.4. The van der Waals surface area contributed by atoms with Gasteiger partial charge in [-0.3, -0.25) is 24.4 Å². The Hall–Kier alpha value is -2.50. The van der Waals surface area contributed by atoms with E-state index in [9.17, 15) is 9.59 Å². The van der Waals surface area contributed by atoms with Crippen LogP contribution >= 0.6 is 11.6 Å². The Balaban J connectivity index is 1.85. The highest BCUT2D eigenvalue weighted by Gasteiger charge is 2.17. The van der Waals surface area contributed by atoms with Crippen molar-refractivity contribution in [2.45, 2.75) is 20.8 Å². The number of benzene rings is 1. The van der Waals surface area contributed by atoms with E-state index in [2.05, 4.69) is 15.6 Å². The molecular formula is C25H38ClN5O5. The minimum Gasteiger partial charge on any atom is -0.465 e. The van der Waals surface area contributed by atoms with E-state index in [1.54, 1.807) is 18.0 Å². The Bertz CT molecular complexity index is 940. The number of hydrogen-bond acceptors (Lipinski definition) is 9. The van der Waals surface area contributed by atoms with Crippen LogP contribution in [0.3, 0.4) is 0 Å². The van der Waals surface area contributed by atoms with Crippen LogP contribution in [-0.4, -0.2) is 99.2 Å². The molecule has 10 nitrogen and oxygen atoms in total. The van der Waals surface area contributed by atoms with Gasteiger partial charge < -0.3 is 24.8 Å². The molecule has 0 radical (unpaired) electrons. The maximum Gasteiger partial charge on any atom is 0.320 e. The number of ether oxygens (including phenoxy) is 3. The fourth-order valence-corrected chi connectivity index (χ4v) is 3.59. The first-order valence-corrected chi connectivity index (χ1v) is 12.6. The Morgan fingerprint density at radius 1 is 0.944 bits per heavy atom. The highest BCUT2D eigenvalue weighted by Crippen LogP contribution is 2.24. The van der Waals surface area contributed by atoms with Crippen LogP contribution in [-0.2, 0) is 23.8 Å². The van der Waals surface area contributed by atoms with Gasteiger partial charge in [-0.05, 0) is 45.0 Å². The van der Waals surface area contributed by atoms with E-state index in [0.29, 0.717) is 64.5 Å². The molecule has 200 valence electrons. The van der Waals surface area contributed by atoms with Crippen molar-refractivity contribution in [1.82, 2.24) is 20.1 Å². The monoisotopic (exact) mass is 523 g/mol. The second-order valence-corrected chi connectivity index (χ2v) is 8.39. The second-order valence-electron chi connectivity index (χ2n) is 7.95. The molecule has 2 aromatic rings. The minimum absolute atomic E-state index is 0.0299. The summed E-state index contributed by atoms with van der Waals surface area (Å²) in [6, 6.07) is 7.43. The van der Waals surface area contributed by atoms with Crippen molar-refractivity contribution in [2.24, 2.45) is 0 Å². The van der Waals surface area contributed by atoms with E-state index in [0.717, 1.165) is 16.6 Å². The van der Waals surface area contributed by atoms with Gasteiger partial charge in [-0.25, -0.2) is 0 Å². The number of carbonyl (C=O) groups excluding carboxylic acids is 2. The lowest BCUT2D eigenvalue weighted by Crippen LogP contribution is -2.45. The van der Waals surface area contributed by atoms with Crippen LogP contribution in [0.2, 0.25) is 5.02 Å². The molecule has 0 unspecified atom stereocenters. The Kier molecular flexibility index (Phi) is 14.1. The van der Waals surface area contributed by atoms with E-state index in [-0.39, 0.29) is 25.0 Å². The number of fused-ring (bicyclic) bond motifs is 1. The maximum absolute atomic E-state index is 12.6. The third kappa shape index (κ3) is 11.0. The number of hydrogen-bond donors (Lipinski definition) is 2. The van der Waals surface area contributed by atoms with Gasteiger partial charge in [-0.1, -0.05) is 11.6 Å². The SMILES string of the molecule is CCOCN(CCN(CC(=O)NCCNc1ccnc2cc(Cl)ccc12)CC(=O)OCC)COCC. The average Bonchev–Trinajstić information content (AvgIpc) is 2.86. The normalized spacial score (nSPS) is 11.3. The number of nitrogens with one attached hydrogen (secondary N) is 2. The lowest BCUT2D eigenvalue weighted by Gasteiger charge is -2.26. The molecule has 0 fully saturated rings. The number of carbonyl (C=O) groups is 2. The lowest BCUT2D eigenvalue weighted by atomic mass is 10.2. The first kappa shape index (κ1) is 29.7. The topological polar surface area (TPSA) is 105 Å². The third-order valence-electron chi connectivity index (χ3n) is 5.18. The van der Waals surface area contributed by atoms with Crippen molar-refractivity contribution < 1.29 is 23.8 Å². The highest BCUT2D eigenvalue weighted by atomic mass is 35.5. The molecule has 1 amide bonds. The van der Waals surface area contributed by atoms with Gasteiger partial charge in [-0.15, -0.1) is 0 Å². The molecule has 11 heteroatoms. The zero-order chi connectivity index (χ0) is 26.2. The molecule has 0 atom stereocenters. The number of pyridine rings is 1. The molecule has 36 heavy (non-hydrogen) atoms. The van der Waals surface area contributed by atoms with Gasteiger partial charge in [-0.2, -0.15) is 0 Å². The van der Waals surface area contributed by atoms with Gasteiger partial charge in [0.05, 0.1) is 25.2 Å². The summed E-state index contributed by atoms with van der Waals surface area (Å²) in [4.78, 5) is 32.8. The summed E-state index contributed by atoms with van der Waals surface area (Å²) < 4.78 is 16.1. The minimum atomic E-state index is -0.363. The fraction of sp³-hybridized carbons (Fsp3) is 0.560. The number of aromatic nitrogens is 1. The number of halogens is 1. The van der Waals surface area contributed by atoms with Crippen LogP contribution in [0.5, 0.6) is 0 Å². The van der Waals surface area contributed by atoms with Crippen molar-refractivity contribution in [1.29, 1.82) is 0 Å². The van der Waals surface area contributed by atoms with Gasteiger partial charge in [0.1, 0.15) is 13.5 Å². The molecule has 1 heterocycles. The molecule has 0 aliphatic carbocycles. The highest BCUT2D eigenvalue weighted by molar-refractivity contribution is 6.31. The van der Waals surface area contributed by atoms with Crippen LogP contribution in [0, 0.1) is 0 Å². The molecule has 0 spiro atoms. The van der Waals surface area contributed by atoms with E-state index >= 15 is 0 Å². The maximum atomic E-state index is 12.6. The van der Waals surface area contributed by atoms with E-state index < -0.39 is 0 Å². The second kappa shape index (κ2) is 17.0. The van der Waals surface area contributed by atoms with Crippen LogP contribution in [0.15, 0.2) is 30.5 Å². The summed E-state index contributed by atoms with van der Waals surface area (Å²) >= 11 is 6.05. The Labute approximate surface area is 218 Å². The molecule has 0 saturated heterocycles. The lowest BCUT2D eigenvalue weighted by molar-refractivity contribution is -0.144.